The van der Waals surface area contributed by atoms with Gasteiger partial charge >= 0.3 is 0 Å². The third-order valence-corrected chi connectivity index (χ3v) is 3.00. The zero-order valence-electron chi connectivity index (χ0n) is 11.6. The lowest BCUT2D eigenvalue weighted by Gasteiger charge is -2.10. The number of para-hydroxylation sites is 1. The van der Waals surface area contributed by atoms with Gasteiger partial charge in [-0.1, -0.05) is 24.3 Å². The first-order valence-corrected chi connectivity index (χ1v) is 6.63. The van der Waals surface area contributed by atoms with E-state index in [1.54, 1.807) is 18.2 Å². The van der Waals surface area contributed by atoms with Crippen LogP contribution in [0.4, 0.5) is 10.3 Å². The Kier molecular flexibility index (Phi) is 3.91. The third-order valence-electron chi connectivity index (χ3n) is 3.00. The molecule has 22 heavy (non-hydrogen) atoms. The second-order valence-corrected chi connectivity index (χ2v) is 4.58. The van der Waals surface area contributed by atoms with Gasteiger partial charge in [0.15, 0.2) is 5.82 Å². The summed E-state index contributed by atoms with van der Waals surface area (Å²) in [5.74, 6) is 0.879. The number of hydrogen-bond acceptors (Lipinski definition) is 5. The number of rotatable bonds is 4. The Morgan fingerprint density at radius 3 is 2.73 bits per heavy atom. The average molecular weight is 296 g/mol. The van der Waals surface area contributed by atoms with Crippen LogP contribution in [0, 0.1) is 5.82 Å². The van der Waals surface area contributed by atoms with Crippen LogP contribution in [0.5, 0.6) is 5.75 Å². The van der Waals surface area contributed by atoms with E-state index in [4.69, 9.17) is 10.5 Å². The molecular weight excluding hydrogens is 283 g/mol. The van der Waals surface area contributed by atoms with Crippen LogP contribution in [0.1, 0.15) is 5.56 Å². The first-order valence-electron chi connectivity index (χ1n) is 6.63. The van der Waals surface area contributed by atoms with Crippen LogP contribution in [0.2, 0.25) is 0 Å². The van der Waals surface area contributed by atoms with Crippen molar-refractivity contribution in [3.8, 4) is 17.1 Å². The van der Waals surface area contributed by atoms with Crippen molar-refractivity contribution < 1.29 is 9.13 Å². The third kappa shape index (κ3) is 3.17. The topological polar surface area (TPSA) is 73.9 Å². The van der Waals surface area contributed by atoms with E-state index in [1.807, 2.05) is 18.2 Å². The smallest absolute Gasteiger partial charge is 0.223 e. The second kappa shape index (κ2) is 6.17. The van der Waals surface area contributed by atoms with Gasteiger partial charge in [0.1, 0.15) is 24.5 Å². The van der Waals surface area contributed by atoms with E-state index >= 15 is 0 Å². The monoisotopic (exact) mass is 296 g/mol. The number of nitrogens with zero attached hydrogens (tertiary/aromatic N) is 3. The molecule has 110 valence electrons. The Morgan fingerprint density at radius 2 is 1.91 bits per heavy atom. The maximum absolute atomic E-state index is 13.2. The van der Waals surface area contributed by atoms with E-state index in [0.717, 1.165) is 5.56 Å². The Bertz CT molecular complexity index is 794. The molecule has 0 bridgehead atoms. The fourth-order valence-electron chi connectivity index (χ4n) is 2.00. The van der Waals surface area contributed by atoms with Gasteiger partial charge in [0.2, 0.25) is 5.95 Å². The molecule has 0 saturated carbocycles. The standard InChI is InChI=1S/C16H13FN4O/c17-12-5-3-4-11(8-12)9-22-14-7-2-1-6-13(14)15-19-10-20-16(18)21-15/h1-8,10H,9H2,(H2,18,19,20,21). The van der Waals surface area contributed by atoms with Crippen molar-refractivity contribution in [3.63, 3.8) is 0 Å². The molecule has 1 aromatic heterocycles. The lowest BCUT2D eigenvalue weighted by atomic mass is 10.2. The van der Waals surface area contributed by atoms with E-state index in [2.05, 4.69) is 15.0 Å². The maximum atomic E-state index is 13.2. The summed E-state index contributed by atoms with van der Waals surface area (Å²) in [5.41, 5.74) is 7.03. The number of benzene rings is 2. The highest BCUT2D eigenvalue weighted by molar-refractivity contribution is 5.64. The predicted molar refractivity (Wildman–Crippen MR) is 80.4 cm³/mol. The minimum absolute atomic E-state index is 0.143. The number of aromatic nitrogens is 3. The lowest BCUT2D eigenvalue weighted by molar-refractivity contribution is 0.306. The Balaban J connectivity index is 1.85. The summed E-state index contributed by atoms with van der Waals surface area (Å²) in [7, 11) is 0. The van der Waals surface area contributed by atoms with Crippen molar-refractivity contribution in [1.82, 2.24) is 15.0 Å². The Morgan fingerprint density at radius 1 is 1.05 bits per heavy atom. The molecule has 2 N–H and O–H groups in total. The molecule has 0 saturated heterocycles. The number of ether oxygens (including phenoxy) is 1. The summed E-state index contributed by atoms with van der Waals surface area (Å²) in [5, 5.41) is 0. The van der Waals surface area contributed by atoms with Crippen molar-refractivity contribution >= 4 is 5.95 Å². The van der Waals surface area contributed by atoms with Gasteiger partial charge < -0.3 is 10.5 Å². The number of nitrogens with two attached hydrogens (primary N) is 1. The van der Waals surface area contributed by atoms with Crippen LogP contribution in [-0.2, 0) is 6.61 Å². The summed E-state index contributed by atoms with van der Waals surface area (Å²) in [6, 6.07) is 13.6. The highest BCUT2D eigenvalue weighted by Gasteiger charge is 2.09. The van der Waals surface area contributed by atoms with Crippen molar-refractivity contribution in [1.29, 1.82) is 0 Å². The fourth-order valence-corrected chi connectivity index (χ4v) is 2.00. The first-order chi connectivity index (χ1) is 10.7. The Hall–Kier alpha value is -3.02. The van der Waals surface area contributed by atoms with Gasteiger partial charge in [-0.3, -0.25) is 0 Å². The SMILES string of the molecule is Nc1ncnc(-c2ccccc2OCc2cccc(F)c2)n1. The molecule has 0 radical (unpaired) electrons. The summed E-state index contributed by atoms with van der Waals surface area (Å²) in [6.07, 6.45) is 1.35. The second-order valence-electron chi connectivity index (χ2n) is 4.58. The molecule has 0 aliphatic heterocycles. The molecule has 1 heterocycles. The van der Waals surface area contributed by atoms with Crippen molar-refractivity contribution in [3.05, 3.63) is 66.2 Å². The average Bonchev–Trinajstić information content (AvgIpc) is 2.53. The van der Waals surface area contributed by atoms with Crippen LogP contribution in [0.25, 0.3) is 11.4 Å². The highest BCUT2D eigenvalue weighted by Crippen LogP contribution is 2.27. The molecule has 5 nitrogen and oxygen atoms in total. The van der Waals surface area contributed by atoms with Gasteiger partial charge in [0.05, 0.1) is 5.56 Å². The van der Waals surface area contributed by atoms with E-state index < -0.39 is 0 Å². The van der Waals surface area contributed by atoms with Gasteiger partial charge in [0, 0.05) is 0 Å². The summed E-state index contributed by atoms with van der Waals surface area (Å²) < 4.78 is 18.9. The van der Waals surface area contributed by atoms with Crippen molar-refractivity contribution in [2.45, 2.75) is 6.61 Å². The van der Waals surface area contributed by atoms with Crippen molar-refractivity contribution in [2.24, 2.45) is 0 Å². The van der Waals surface area contributed by atoms with Crippen molar-refractivity contribution in [2.75, 3.05) is 5.73 Å². The van der Waals surface area contributed by atoms with Gasteiger partial charge in [-0.05, 0) is 29.8 Å². The van der Waals surface area contributed by atoms with Crippen LogP contribution >= 0.6 is 0 Å². The largest absolute Gasteiger partial charge is 0.488 e. The van der Waals surface area contributed by atoms with Crippen LogP contribution in [0.15, 0.2) is 54.9 Å². The van der Waals surface area contributed by atoms with Gasteiger partial charge in [-0.2, -0.15) is 4.98 Å². The summed E-state index contributed by atoms with van der Waals surface area (Å²) in [4.78, 5) is 12.0. The Labute approximate surface area is 126 Å². The minimum atomic E-state index is -0.292. The molecule has 3 aromatic rings. The number of hydrogen-bond donors (Lipinski definition) is 1. The van der Waals surface area contributed by atoms with E-state index in [0.29, 0.717) is 17.1 Å². The molecule has 0 atom stereocenters. The quantitative estimate of drug-likeness (QED) is 0.801. The molecule has 6 heteroatoms. The van der Waals surface area contributed by atoms with E-state index in [1.165, 1.54) is 18.5 Å². The zero-order valence-corrected chi connectivity index (χ0v) is 11.6. The number of halogens is 1. The zero-order chi connectivity index (χ0) is 15.4. The normalized spacial score (nSPS) is 10.4. The number of anilines is 1. The fraction of sp³-hybridized carbons (Fsp3) is 0.0625. The first kappa shape index (κ1) is 13.9. The van der Waals surface area contributed by atoms with Crippen LogP contribution in [0.3, 0.4) is 0 Å². The van der Waals surface area contributed by atoms with Crippen LogP contribution in [-0.4, -0.2) is 15.0 Å². The molecule has 2 aromatic carbocycles. The molecule has 0 amide bonds. The minimum Gasteiger partial charge on any atom is -0.488 e. The van der Waals surface area contributed by atoms with Gasteiger partial charge in [0.25, 0.3) is 0 Å². The van der Waals surface area contributed by atoms with E-state index in [9.17, 15) is 4.39 Å². The molecule has 0 fully saturated rings. The molecule has 0 unspecified atom stereocenters. The number of nitrogen functional groups attached to an aromatic ring is 1. The highest BCUT2D eigenvalue weighted by atomic mass is 19.1. The molecule has 0 aliphatic carbocycles. The summed E-state index contributed by atoms with van der Waals surface area (Å²) >= 11 is 0. The maximum Gasteiger partial charge on any atom is 0.223 e. The molecule has 3 rings (SSSR count). The molecule has 0 aliphatic rings. The molecular formula is C16H13FN4O. The van der Waals surface area contributed by atoms with E-state index in [-0.39, 0.29) is 18.4 Å². The molecule has 0 spiro atoms. The van der Waals surface area contributed by atoms with Crippen LogP contribution < -0.4 is 10.5 Å². The lowest BCUT2D eigenvalue weighted by Crippen LogP contribution is -2.01. The summed E-state index contributed by atoms with van der Waals surface area (Å²) in [6.45, 7) is 0.245. The van der Waals surface area contributed by atoms with Gasteiger partial charge in [-0.15, -0.1) is 0 Å². The van der Waals surface area contributed by atoms with Gasteiger partial charge in [-0.25, -0.2) is 14.4 Å². The predicted octanol–water partition coefficient (Wildman–Crippen LogP) is 2.84.